The number of ketones is 1. The summed E-state index contributed by atoms with van der Waals surface area (Å²) >= 11 is 0. The van der Waals surface area contributed by atoms with Crippen molar-refractivity contribution in [3.8, 4) is 0 Å². The Balaban J connectivity index is 3.06. The van der Waals surface area contributed by atoms with Crippen molar-refractivity contribution in [1.82, 2.24) is 0 Å². The summed E-state index contributed by atoms with van der Waals surface area (Å²) in [5.41, 5.74) is 7.58. The molecule has 0 atom stereocenters. The fourth-order valence-electron chi connectivity index (χ4n) is 1.72. The number of carbonyl (C=O) groups excluding carboxylic acids is 1. The minimum absolute atomic E-state index is 0.0297. The highest BCUT2D eigenvalue weighted by molar-refractivity contribution is 5.98. The third-order valence-corrected chi connectivity index (χ3v) is 2.45. The summed E-state index contributed by atoms with van der Waals surface area (Å²) in [6.45, 7) is 7.80. The molecule has 1 aromatic rings. The van der Waals surface area contributed by atoms with Crippen molar-refractivity contribution >= 4 is 5.78 Å². The van der Waals surface area contributed by atoms with Crippen LogP contribution in [-0.4, -0.2) is 11.3 Å². The number of Topliss-reactive ketones (excluding diaryl/α,β-unsaturated/α-hetero) is 1. The molecule has 16 heavy (non-hydrogen) atoms. The van der Waals surface area contributed by atoms with Gasteiger partial charge in [0.05, 0.1) is 0 Å². The van der Waals surface area contributed by atoms with Crippen LogP contribution in [0.1, 0.15) is 43.6 Å². The van der Waals surface area contributed by atoms with Crippen LogP contribution in [0.5, 0.6) is 0 Å². The van der Waals surface area contributed by atoms with Crippen molar-refractivity contribution in [3.05, 3.63) is 35.4 Å². The second kappa shape index (κ2) is 4.79. The van der Waals surface area contributed by atoms with Crippen LogP contribution in [0.2, 0.25) is 0 Å². The van der Waals surface area contributed by atoms with Gasteiger partial charge in [0.2, 0.25) is 0 Å². The molecule has 2 heteroatoms. The predicted molar refractivity (Wildman–Crippen MR) is 67.6 cm³/mol. The van der Waals surface area contributed by atoms with E-state index in [2.05, 4.69) is 0 Å². The topological polar surface area (TPSA) is 43.1 Å². The van der Waals surface area contributed by atoms with Crippen LogP contribution in [-0.2, 0) is 6.42 Å². The lowest BCUT2D eigenvalue weighted by molar-refractivity contribution is 0.0938. The summed E-state index contributed by atoms with van der Waals surface area (Å²) in [6.07, 6.45) is 0.724. The minimum Gasteiger partial charge on any atom is -0.325 e. The van der Waals surface area contributed by atoms with E-state index in [0.717, 1.165) is 17.5 Å². The van der Waals surface area contributed by atoms with Gasteiger partial charge in [-0.1, -0.05) is 38.1 Å². The number of carbonyl (C=O) groups is 1. The van der Waals surface area contributed by atoms with Gasteiger partial charge >= 0.3 is 0 Å². The molecule has 0 aromatic heterocycles. The molecule has 0 aliphatic carbocycles. The van der Waals surface area contributed by atoms with E-state index in [1.165, 1.54) is 0 Å². The zero-order valence-corrected chi connectivity index (χ0v) is 10.6. The van der Waals surface area contributed by atoms with E-state index < -0.39 is 0 Å². The van der Waals surface area contributed by atoms with Gasteiger partial charge in [-0.3, -0.25) is 4.79 Å². The summed E-state index contributed by atoms with van der Waals surface area (Å²) in [6, 6.07) is 7.74. The molecule has 2 N–H and O–H groups in total. The maximum atomic E-state index is 12.0. The van der Waals surface area contributed by atoms with Crippen molar-refractivity contribution in [1.29, 1.82) is 0 Å². The van der Waals surface area contributed by atoms with E-state index in [1.807, 2.05) is 52.0 Å². The van der Waals surface area contributed by atoms with Crippen LogP contribution >= 0.6 is 0 Å². The van der Waals surface area contributed by atoms with Gasteiger partial charge in [0.15, 0.2) is 5.78 Å². The van der Waals surface area contributed by atoms with Gasteiger partial charge in [0.25, 0.3) is 0 Å². The smallest absolute Gasteiger partial charge is 0.165 e. The van der Waals surface area contributed by atoms with E-state index in [-0.39, 0.29) is 17.2 Å². The molecule has 0 heterocycles. The predicted octanol–water partition coefficient (Wildman–Crippen LogP) is 2.81. The van der Waals surface area contributed by atoms with Crippen molar-refractivity contribution in [2.75, 3.05) is 0 Å². The summed E-state index contributed by atoms with van der Waals surface area (Å²) in [5.74, 6) is 0.224. The van der Waals surface area contributed by atoms with Gasteiger partial charge in [-0.25, -0.2) is 0 Å². The Labute approximate surface area is 97.9 Å². The van der Waals surface area contributed by atoms with Crippen LogP contribution in [0.3, 0.4) is 0 Å². The molecule has 2 nitrogen and oxygen atoms in total. The zero-order valence-electron chi connectivity index (χ0n) is 10.6. The fraction of sp³-hybridized carbons (Fsp3) is 0.500. The first-order chi connectivity index (χ1) is 7.31. The Morgan fingerprint density at radius 1 is 1.31 bits per heavy atom. The van der Waals surface area contributed by atoms with Crippen LogP contribution < -0.4 is 5.73 Å². The van der Waals surface area contributed by atoms with Crippen molar-refractivity contribution in [2.45, 2.75) is 39.7 Å². The Kier molecular flexibility index (Phi) is 3.87. The molecule has 0 amide bonds. The van der Waals surface area contributed by atoms with Crippen LogP contribution in [0.15, 0.2) is 24.3 Å². The normalized spacial score (nSPS) is 11.9. The molecule has 0 saturated heterocycles. The molecule has 0 saturated carbocycles. The average Bonchev–Trinajstić information content (AvgIpc) is 2.15. The molecule has 1 aromatic carbocycles. The quantitative estimate of drug-likeness (QED) is 0.791. The number of benzene rings is 1. The van der Waals surface area contributed by atoms with Crippen molar-refractivity contribution in [3.63, 3.8) is 0 Å². The summed E-state index contributed by atoms with van der Waals surface area (Å²) in [5, 5.41) is 0. The lowest BCUT2D eigenvalue weighted by Crippen LogP contribution is -2.35. The highest BCUT2D eigenvalue weighted by Gasteiger charge is 2.18. The second-order valence-corrected chi connectivity index (χ2v) is 5.34. The van der Waals surface area contributed by atoms with E-state index in [1.54, 1.807) is 0 Å². The van der Waals surface area contributed by atoms with E-state index in [0.29, 0.717) is 0 Å². The molecule has 0 spiro atoms. The van der Waals surface area contributed by atoms with Gasteiger partial charge in [0.1, 0.15) is 0 Å². The van der Waals surface area contributed by atoms with Gasteiger partial charge in [-0.15, -0.1) is 0 Å². The monoisotopic (exact) mass is 219 g/mol. The largest absolute Gasteiger partial charge is 0.325 e. The molecule has 0 aliphatic heterocycles. The molecular weight excluding hydrogens is 198 g/mol. The van der Waals surface area contributed by atoms with Gasteiger partial charge < -0.3 is 5.73 Å². The Hall–Kier alpha value is -1.15. The molecule has 88 valence electrons. The maximum absolute atomic E-state index is 12.0. The standard InChI is InChI=1S/C14H21NO/c1-10(2)13(16)12-8-6-5-7-11(12)9-14(3,4)15/h5-8,10H,9,15H2,1-4H3. The molecule has 0 fully saturated rings. The number of nitrogens with two attached hydrogens (primary N) is 1. The van der Waals surface area contributed by atoms with E-state index in [9.17, 15) is 4.79 Å². The molecule has 0 radical (unpaired) electrons. The Morgan fingerprint density at radius 3 is 2.38 bits per heavy atom. The van der Waals surface area contributed by atoms with Gasteiger partial charge in [-0.05, 0) is 25.8 Å². The molecule has 0 aliphatic rings. The molecular formula is C14H21NO. The SMILES string of the molecule is CC(C)C(=O)c1ccccc1CC(C)(C)N. The summed E-state index contributed by atoms with van der Waals surface area (Å²) in [7, 11) is 0. The van der Waals surface area contributed by atoms with Crippen LogP contribution in [0, 0.1) is 5.92 Å². The van der Waals surface area contributed by atoms with Crippen molar-refractivity contribution < 1.29 is 4.79 Å². The highest BCUT2D eigenvalue weighted by Crippen LogP contribution is 2.18. The number of rotatable bonds is 4. The Morgan fingerprint density at radius 2 is 1.88 bits per heavy atom. The van der Waals surface area contributed by atoms with Crippen molar-refractivity contribution in [2.24, 2.45) is 11.7 Å². The van der Waals surface area contributed by atoms with Crippen LogP contribution in [0.25, 0.3) is 0 Å². The zero-order chi connectivity index (χ0) is 12.3. The lowest BCUT2D eigenvalue weighted by Gasteiger charge is -2.20. The first kappa shape index (κ1) is 12.9. The summed E-state index contributed by atoms with van der Waals surface area (Å²) < 4.78 is 0. The summed E-state index contributed by atoms with van der Waals surface area (Å²) in [4.78, 5) is 12.0. The molecule has 0 bridgehead atoms. The fourth-order valence-corrected chi connectivity index (χ4v) is 1.72. The first-order valence-corrected chi connectivity index (χ1v) is 5.72. The second-order valence-electron chi connectivity index (χ2n) is 5.34. The number of hydrogen-bond donors (Lipinski definition) is 1. The highest BCUT2D eigenvalue weighted by atomic mass is 16.1. The van der Waals surface area contributed by atoms with E-state index >= 15 is 0 Å². The number of hydrogen-bond acceptors (Lipinski definition) is 2. The Bertz CT molecular complexity index is 375. The lowest BCUT2D eigenvalue weighted by atomic mass is 9.89. The molecule has 0 unspecified atom stereocenters. The van der Waals surface area contributed by atoms with Gasteiger partial charge in [0, 0.05) is 17.0 Å². The third-order valence-electron chi connectivity index (χ3n) is 2.45. The maximum Gasteiger partial charge on any atom is 0.165 e. The average molecular weight is 219 g/mol. The first-order valence-electron chi connectivity index (χ1n) is 5.72. The van der Waals surface area contributed by atoms with E-state index in [4.69, 9.17) is 5.73 Å². The minimum atomic E-state index is -0.284. The van der Waals surface area contributed by atoms with Gasteiger partial charge in [-0.2, -0.15) is 0 Å². The van der Waals surface area contributed by atoms with Crippen LogP contribution in [0.4, 0.5) is 0 Å². The third kappa shape index (κ3) is 3.46. The molecule has 1 rings (SSSR count).